The fourth-order valence-electron chi connectivity index (χ4n) is 1.19. The molecule has 4 nitrogen and oxygen atoms in total. The van der Waals surface area contributed by atoms with Crippen LogP contribution in [0.15, 0.2) is 27.6 Å². The van der Waals surface area contributed by atoms with E-state index >= 15 is 0 Å². The standard InChI is InChI=1S/C10H13BrClNO3S/c1-16-5-4-13-17(14,15)10-6-8(7-12)2-3-9(10)11/h2-3,6,13H,4-5,7H2,1H3. The second-order valence-electron chi connectivity index (χ2n) is 3.29. The quantitative estimate of drug-likeness (QED) is 0.636. The van der Waals surface area contributed by atoms with E-state index in [0.717, 1.165) is 5.56 Å². The van der Waals surface area contributed by atoms with Gasteiger partial charge in [0.15, 0.2) is 0 Å². The molecule has 1 aromatic rings. The molecule has 0 saturated heterocycles. The normalized spacial score (nSPS) is 11.7. The Kier molecular flexibility index (Phi) is 5.88. The van der Waals surface area contributed by atoms with Crippen molar-refractivity contribution in [3.63, 3.8) is 0 Å². The lowest BCUT2D eigenvalue weighted by molar-refractivity contribution is 0.204. The molecule has 96 valence electrons. The van der Waals surface area contributed by atoms with Crippen LogP contribution in [0.25, 0.3) is 0 Å². The summed E-state index contributed by atoms with van der Waals surface area (Å²) < 4.78 is 31.7. The van der Waals surface area contributed by atoms with Gasteiger partial charge in [-0.15, -0.1) is 11.6 Å². The summed E-state index contributed by atoms with van der Waals surface area (Å²) in [5, 5.41) is 0. The van der Waals surface area contributed by atoms with E-state index in [0.29, 0.717) is 11.1 Å². The number of methoxy groups -OCH3 is 1. The molecular formula is C10H13BrClNO3S. The van der Waals surface area contributed by atoms with Crippen molar-refractivity contribution < 1.29 is 13.2 Å². The zero-order valence-corrected chi connectivity index (χ0v) is 12.4. The highest BCUT2D eigenvalue weighted by Gasteiger charge is 2.17. The molecule has 0 heterocycles. The Morgan fingerprint density at radius 3 is 2.76 bits per heavy atom. The first-order valence-corrected chi connectivity index (χ1v) is 7.65. The minimum Gasteiger partial charge on any atom is -0.383 e. The second-order valence-corrected chi connectivity index (χ2v) is 6.15. The Labute approximate surface area is 114 Å². The molecule has 1 aromatic carbocycles. The maximum Gasteiger partial charge on any atom is 0.241 e. The first-order valence-electron chi connectivity index (χ1n) is 4.84. The largest absolute Gasteiger partial charge is 0.383 e. The number of alkyl halides is 1. The molecule has 0 aliphatic heterocycles. The number of ether oxygens (including phenoxy) is 1. The van der Waals surface area contributed by atoms with Crippen LogP contribution in [-0.2, 0) is 20.6 Å². The molecule has 0 fully saturated rings. The summed E-state index contributed by atoms with van der Waals surface area (Å²) in [6.45, 7) is 0.558. The van der Waals surface area contributed by atoms with Gasteiger partial charge in [0.25, 0.3) is 0 Å². The molecule has 0 bridgehead atoms. The Balaban J connectivity index is 2.97. The van der Waals surface area contributed by atoms with E-state index in [4.69, 9.17) is 16.3 Å². The SMILES string of the molecule is COCCNS(=O)(=O)c1cc(CCl)ccc1Br. The molecular weight excluding hydrogens is 330 g/mol. The van der Waals surface area contributed by atoms with E-state index in [1.165, 1.54) is 7.11 Å². The van der Waals surface area contributed by atoms with Crippen LogP contribution in [0.1, 0.15) is 5.56 Å². The zero-order valence-electron chi connectivity index (χ0n) is 9.24. The van der Waals surface area contributed by atoms with Crippen LogP contribution in [0, 0.1) is 0 Å². The Morgan fingerprint density at radius 1 is 1.47 bits per heavy atom. The van der Waals surface area contributed by atoms with E-state index < -0.39 is 10.0 Å². The minimum atomic E-state index is -3.53. The summed E-state index contributed by atoms with van der Waals surface area (Å²) >= 11 is 8.89. The van der Waals surface area contributed by atoms with Gasteiger partial charge in [0, 0.05) is 24.0 Å². The van der Waals surface area contributed by atoms with Crippen LogP contribution in [0.3, 0.4) is 0 Å². The number of rotatable bonds is 6. The van der Waals surface area contributed by atoms with E-state index in [2.05, 4.69) is 20.7 Å². The van der Waals surface area contributed by atoms with Crippen LogP contribution < -0.4 is 4.72 Å². The van der Waals surface area contributed by atoms with Crippen LogP contribution >= 0.6 is 27.5 Å². The van der Waals surface area contributed by atoms with Gasteiger partial charge in [-0.25, -0.2) is 13.1 Å². The fraction of sp³-hybridized carbons (Fsp3) is 0.400. The first-order chi connectivity index (χ1) is 8.01. The van der Waals surface area contributed by atoms with Gasteiger partial charge in [-0.2, -0.15) is 0 Å². The van der Waals surface area contributed by atoms with Crippen molar-refractivity contribution in [2.24, 2.45) is 0 Å². The van der Waals surface area contributed by atoms with Crippen LogP contribution in [-0.4, -0.2) is 28.7 Å². The highest BCUT2D eigenvalue weighted by atomic mass is 79.9. The number of halogens is 2. The second kappa shape index (κ2) is 6.70. The summed E-state index contributed by atoms with van der Waals surface area (Å²) in [5.74, 6) is 0.272. The molecule has 1 N–H and O–H groups in total. The molecule has 0 atom stereocenters. The van der Waals surface area contributed by atoms with Crippen molar-refractivity contribution in [1.82, 2.24) is 4.72 Å². The van der Waals surface area contributed by atoms with Crippen molar-refractivity contribution in [2.75, 3.05) is 20.3 Å². The maximum absolute atomic E-state index is 12.0. The summed E-state index contributed by atoms with van der Waals surface area (Å²) in [5.41, 5.74) is 0.752. The van der Waals surface area contributed by atoms with Gasteiger partial charge < -0.3 is 4.74 Å². The van der Waals surface area contributed by atoms with Gasteiger partial charge >= 0.3 is 0 Å². The van der Waals surface area contributed by atoms with Crippen molar-refractivity contribution in [2.45, 2.75) is 10.8 Å². The summed E-state index contributed by atoms with van der Waals surface area (Å²) in [6.07, 6.45) is 0. The van der Waals surface area contributed by atoms with Gasteiger partial charge in [-0.3, -0.25) is 0 Å². The molecule has 0 aliphatic carbocycles. The molecule has 0 amide bonds. The van der Waals surface area contributed by atoms with Gasteiger partial charge in [0.1, 0.15) is 0 Å². The maximum atomic E-state index is 12.0. The molecule has 0 radical (unpaired) electrons. The zero-order chi connectivity index (χ0) is 12.9. The Morgan fingerprint density at radius 2 is 2.18 bits per heavy atom. The van der Waals surface area contributed by atoms with Gasteiger partial charge in [0.05, 0.1) is 11.5 Å². The summed E-state index contributed by atoms with van der Waals surface area (Å²) in [6, 6.07) is 4.99. The van der Waals surface area contributed by atoms with Crippen LogP contribution in [0.4, 0.5) is 0 Å². The van der Waals surface area contributed by atoms with Crippen molar-refractivity contribution in [1.29, 1.82) is 0 Å². The van der Waals surface area contributed by atoms with E-state index in [1.54, 1.807) is 18.2 Å². The monoisotopic (exact) mass is 341 g/mol. The molecule has 7 heteroatoms. The summed E-state index contributed by atoms with van der Waals surface area (Å²) in [4.78, 5) is 0.187. The number of sulfonamides is 1. The number of hydrogen-bond donors (Lipinski definition) is 1. The third-order valence-corrected chi connectivity index (χ3v) is 4.80. The highest BCUT2D eigenvalue weighted by Crippen LogP contribution is 2.23. The molecule has 0 unspecified atom stereocenters. The predicted molar refractivity (Wildman–Crippen MR) is 70.8 cm³/mol. The molecule has 0 spiro atoms. The topological polar surface area (TPSA) is 55.4 Å². The number of benzene rings is 1. The summed E-state index contributed by atoms with van der Waals surface area (Å²) in [7, 11) is -2.02. The van der Waals surface area contributed by atoms with Crippen molar-refractivity contribution >= 4 is 37.6 Å². The van der Waals surface area contributed by atoms with Gasteiger partial charge in [-0.05, 0) is 33.6 Å². The van der Waals surface area contributed by atoms with Gasteiger partial charge in [-0.1, -0.05) is 6.07 Å². The molecule has 0 aromatic heterocycles. The molecule has 17 heavy (non-hydrogen) atoms. The lowest BCUT2D eigenvalue weighted by Crippen LogP contribution is -2.27. The Hall–Kier alpha value is -0.140. The van der Waals surface area contributed by atoms with Crippen LogP contribution in [0.5, 0.6) is 0 Å². The highest BCUT2D eigenvalue weighted by molar-refractivity contribution is 9.10. The van der Waals surface area contributed by atoms with Gasteiger partial charge in [0.2, 0.25) is 10.0 Å². The molecule has 1 rings (SSSR count). The third kappa shape index (κ3) is 4.22. The first kappa shape index (κ1) is 14.9. The van der Waals surface area contributed by atoms with Crippen molar-refractivity contribution in [3.05, 3.63) is 28.2 Å². The molecule has 0 saturated carbocycles. The van der Waals surface area contributed by atoms with E-state index in [1.807, 2.05) is 0 Å². The average molecular weight is 343 g/mol. The lowest BCUT2D eigenvalue weighted by Gasteiger charge is -2.09. The molecule has 0 aliphatic rings. The lowest BCUT2D eigenvalue weighted by atomic mass is 10.2. The fourth-order valence-corrected chi connectivity index (χ4v) is 3.38. The predicted octanol–water partition coefficient (Wildman–Crippen LogP) is 2.11. The minimum absolute atomic E-state index is 0.187. The smallest absolute Gasteiger partial charge is 0.241 e. The third-order valence-electron chi connectivity index (χ3n) is 2.04. The Bertz CT molecular complexity index is 478. The van der Waals surface area contributed by atoms with E-state index in [-0.39, 0.29) is 17.3 Å². The number of nitrogens with one attached hydrogen (secondary N) is 1. The van der Waals surface area contributed by atoms with Crippen LogP contribution in [0.2, 0.25) is 0 Å². The number of hydrogen-bond acceptors (Lipinski definition) is 3. The van der Waals surface area contributed by atoms with E-state index in [9.17, 15) is 8.42 Å². The average Bonchev–Trinajstić information content (AvgIpc) is 2.29. The van der Waals surface area contributed by atoms with Crippen molar-refractivity contribution in [3.8, 4) is 0 Å².